The maximum Gasteiger partial charge on any atom is 0.377 e. The summed E-state index contributed by atoms with van der Waals surface area (Å²) in [6.45, 7) is -0.671. The number of aliphatic hydroxyl groups excluding tert-OH is 4. The second kappa shape index (κ2) is 4.55. The molecule has 1 rings (SSSR count). The van der Waals surface area contributed by atoms with Crippen molar-refractivity contribution >= 4 is 5.97 Å². The number of carbonyl (C=O) groups excluding carboxylic acids is 1. The standard InChI is InChI=1S/C6H8O6.Zn/c7-1-2(8)5-3(9)4(10)6(11)12-5;/h2,5,7-10H,1H2;/t2-,5+;/m0./s1. The van der Waals surface area contributed by atoms with Crippen molar-refractivity contribution < 1.29 is 49.4 Å². The Labute approximate surface area is 86.2 Å². The van der Waals surface area contributed by atoms with E-state index in [2.05, 4.69) is 4.74 Å². The van der Waals surface area contributed by atoms with Crippen molar-refractivity contribution in [1.82, 2.24) is 0 Å². The molecule has 13 heavy (non-hydrogen) atoms. The number of hydrogen-bond acceptors (Lipinski definition) is 6. The van der Waals surface area contributed by atoms with Crippen LogP contribution >= 0.6 is 0 Å². The van der Waals surface area contributed by atoms with Crippen LogP contribution in [0.15, 0.2) is 11.5 Å². The normalized spacial score (nSPS) is 23.8. The van der Waals surface area contributed by atoms with Crippen molar-refractivity contribution in [2.24, 2.45) is 0 Å². The van der Waals surface area contributed by atoms with Gasteiger partial charge in [-0.2, -0.15) is 0 Å². The fourth-order valence-corrected chi connectivity index (χ4v) is 0.823. The molecular weight excluding hydrogens is 233 g/mol. The Morgan fingerprint density at radius 1 is 1.46 bits per heavy atom. The van der Waals surface area contributed by atoms with Gasteiger partial charge >= 0.3 is 5.97 Å². The summed E-state index contributed by atoms with van der Waals surface area (Å²) < 4.78 is 4.32. The van der Waals surface area contributed by atoms with Gasteiger partial charge < -0.3 is 25.2 Å². The Balaban J connectivity index is 0.00000144. The van der Waals surface area contributed by atoms with E-state index < -0.39 is 36.3 Å². The fourth-order valence-electron chi connectivity index (χ4n) is 0.823. The molecule has 0 fully saturated rings. The second-order valence-electron chi connectivity index (χ2n) is 2.31. The molecule has 0 unspecified atom stereocenters. The summed E-state index contributed by atoms with van der Waals surface area (Å²) in [5.74, 6) is -2.78. The third-order valence-electron chi connectivity index (χ3n) is 1.48. The monoisotopic (exact) mass is 240 g/mol. The molecule has 0 aliphatic carbocycles. The smallest absolute Gasteiger partial charge is 0.377 e. The molecule has 4 N–H and O–H groups in total. The minimum Gasteiger partial charge on any atom is -0.505 e. The van der Waals surface area contributed by atoms with Gasteiger partial charge in [-0.15, -0.1) is 0 Å². The van der Waals surface area contributed by atoms with Crippen LogP contribution in [0.2, 0.25) is 0 Å². The van der Waals surface area contributed by atoms with E-state index in [9.17, 15) is 4.79 Å². The number of carbonyl (C=O) groups is 1. The third-order valence-corrected chi connectivity index (χ3v) is 1.48. The van der Waals surface area contributed by atoms with Gasteiger partial charge in [0.1, 0.15) is 6.10 Å². The van der Waals surface area contributed by atoms with Gasteiger partial charge in [-0.3, -0.25) is 0 Å². The van der Waals surface area contributed by atoms with E-state index in [1.165, 1.54) is 0 Å². The zero-order valence-corrected chi connectivity index (χ0v) is 9.64. The van der Waals surface area contributed by atoms with E-state index in [0.717, 1.165) is 0 Å². The predicted molar refractivity (Wildman–Crippen MR) is 35.3 cm³/mol. The summed E-state index contributed by atoms with van der Waals surface area (Å²) in [6.07, 6.45) is -2.78. The molecule has 0 aromatic rings. The molecule has 1 heterocycles. The number of esters is 1. The minimum atomic E-state index is -1.42. The van der Waals surface area contributed by atoms with Crippen molar-refractivity contribution in [3.63, 3.8) is 0 Å². The van der Waals surface area contributed by atoms with Crippen LogP contribution in [0, 0.1) is 0 Å². The van der Waals surface area contributed by atoms with Crippen molar-refractivity contribution in [2.75, 3.05) is 6.61 Å². The molecule has 0 amide bonds. The Kier molecular flexibility index (Phi) is 4.32. The third kappa shape index (κ3) is 2.18. The SMILES string of the molecule is O=C1O[C@H]([C@@H](O)CO)C(O)=C1O.[Zn]. The van der Waals surface area contributed by atoms with E-state index in [1.54, 1.807) is 0 Å². The van der Waals surface area contributed by atoms with Gasteiger partial charge in [0, 0.05) is 19.5 Å². The van der Waals surface area contributed by atoms with Crippen LogP contribution in [0.4, 0.5) is 0 Å². The summed E-state index contributed by atoms with van der Waals surface area (Å²) in [7, 11) is 0. The predicted octanol–water partition coefficient (Wildman–Crippen LogP) is -1.41. The van der Waals surface area contributed by atoms with Gasteiger partial charge in [0.2, 0.25) is 5.76 Å². The van der Waals surface area contributed by atoms with E-state index in [-0.39, 0.29) is 19.5 Å². The summed E-state index contributed by atoms with van der Waals surface area (Å²) in [6, 6.07) is 0. The van der Waals surface area contributed by atoms with Gasteiger partial charge in [-0.05, 0) is 0 Å². The fraction of sp³-hybridized carbons (Fsp3) is 0.500. The molecule has 2 atom stereocenters. The first kappa shape index (κ1) is 12.4. The number of rotatable bonds is 2. The summed E-state index contributed by atoms with van der Waals surface area (Å²) in [4.78, 5) is 10.5. The van der Waals surface area contributed by atoms with Crippen molar-refractivity contribution in [1.29, 1.82) is 0 Å². The van der Waals surface area contributed by atoms with Crippen LogP contribution in [0.1, 0.15) is 0 Å². The summed E-state index contributed by atoms with van der Waals surface area (Å²) in [5.41, 5.74) is 0. The van der Waals surface area contributed by atoms with E-state index in [0.29, 0.717) is 0 Å². The van der Waals surface area contributed by atoms with Crippen molar-refractivity contribution in [3.05, 3.63) is 11.5 Å². The van der Waals surface area contributed by atoms with Crippen LogP contribution in [0.3, 0.4) is 0 Å². The first-order valence-corrected chi connectivity index (χ1v) is 3.20. The molecule has 0 aromatic carbocycles. The molecule has 0 saturated carbocycles. The second-order valence-corrected chi connectivity index (χ2v) is 2.31. The van der Waals surface area contributed by atoms with Gasteiger partial charge in [0.15, 0.2) is 11.9 Å². The Hall–Kier alpha value is -0.647. The largest absolute Gasteiger partial charge is 0.505 e. The van der Waals surface area contributed by atoms with Crippen LogP contribution < -0.4 is 0 Å². The molecule has 0 radical (unpaired) electrons. The van der Waals surface area contributed by atoms with Crippen molar-refractivity contribution in [3.8, 4) is 0 Å². The van der Waals surface area contributed by atoms with E-state index in [1.807, 2.05) is 0 Å². The number of aliphatic hydroxyl groups is 4. The zero-order valence-electron chi connectivity index (χ0n) is 6.67. The Morgan fingerprint density at radius 3 is 2.31 bits per heavy atom. The van der Waals surface area contributed by atoms with Gasteiger partial charge in [-0.1, -0.05) is 0 Å². The van der Waals surface area contributed by atoms with Crippen LogP contribution in [0.25, 0.3) is 0 Å². The molecule has 1 aliphatic heterocycles. The van der Waals surface area contributed by atoms with E-state index >= 15 is 0 Å². The topological polar surface area (TPSA) is 107 Å². The molecule has 1 aliphatic rings. The number of hydrogen-bond donors (Lipinski definition) is 4. The molecule has 0 bridgehead atoms. The Bertz CT molecular complexity index is 237. The molecule has 0 saturated heterocycles. The number of cyclic esters (lactones) is 1. The molecule has 7 heteroatoms. The molecular formula is C6H8O6Zn. The average Bonchev–Trinajstić information content (AvgIpc) is 2.32. The van der Waals surface area contributed by atoms with Crippen LogP contribution in [-0.4, -0.2) is 45.2 Å². The molecule has 0 spiro atoms. The maximum absolute atomic E-state index is 10.5. The maximum atomic E-state index is 10.5. The average molecular weight is 242 g/mol. The van der Waals surface area contributed by atoms with Gasteiger partial charge in [-0.25, -0.2) is 4.79 Å². The summed E-state index contributed by atoms with van der Waals surface area (Å²) in [5, 5.41) is 35.0. The molecule has 0 aromatic heterocycles. The quantitative estimate of drug-likeness (QED) is 0.350. The Morgan fingerprint density at radius 2 is 2.00 bits per heavy atom. The van der Waals surface area contributed by atoms with Crippen molar-refractivity contribution in [2.45, 2.75) is 12.2 Å². The first-order chi connectivity index (χ1) is 5.57. The summed E-state index contributed by atoms with van der Waals surface area (Å²) >= 11 is 0. The molecule has 6 nitrogen and oxygen atoms in total. The molecule has 70 valence electrons. The van der Waals surface area contributed by atoms with Crippen LogP contribution in [0.5, 0.6) is 0 Å². The van der Waals surface area contributed by atoms with Gasteiger partial charge in [0.05, 0.1) is 6.61 Å². The van der Waals surface area contributed by atoms with E-state index in [4.69, 9.17) is 20.4 Å². The zero-order chi connectivity index (χ0) is 9.30. The first-order valence-electron chi connectivity index (χ1n) is 3.20. The minimum absolute atomic E-state index is 0. The number of ether oxygens (including phenoxy) is 1. The van der Waals surface area contributed by atoms with Crippen LogP contribution in [-0.2, 0) is 29.0 Å². The van der Waals surface area contributed by atoms with Gasteiger partial charge in [0.25, 0.3) is 0 Å².